The molecular formula is C9H7ClF2O2. The van der Waals surface area contributed by atoms with Gasteiger partial charge in [0.15, 0.2) is 5.78 Å². The van der Waals surface area contributed by atoms with Crippen LogP contribution in [0, 0.1) is 0 Å². The number of ketones is 1. The van der Waals surface area contributed by atoms with Crippen LogP contribution in [0.4, 0.5) is 8.78 Å². The van der Waals surface area contributed by atoms with E-state index in [2.05, 4.69) is 16.3 Å². The molecular weight excluding hydrogens is 214 g/mol. The highest BCUT2D eigenvalue weighted by Crippen LogP contribution is 2.25. The first-order valence-electron chi connectivity index (χ1n) is 3.75. The van der Waals surface area contributed by atoms with Crippen LogP contribution in [0.1, 0.15) is 17.3 Å². The van der Waals surface area contributed by atoms with Crippen molar-refractivity contribution < 1.29 is 18.3 Å². The van der Waals surface area contributed by atoms with Crippen molar-refractivity contribution in [1.29, 1.82) is 0 Å². The molecule has 1 aromatic rings. The van der Waals surface area contributed by atoms with E-state index < -0.39 is 5.57 Å². The van der Waals surface area contributed by atoms with Crippen molar-refractivity contribution >= 4 is 17.4 Å². The highest BCUT2D eigenvalue weighted by atomic mass is 35.5. The highest BCUT2D eigenvalue weighted by molar-refractivity contribution is 6.20. The molecule has 0 aliphatic carbocycles. The average molecular weight is 221 g/mol. The zero-order chi connectivity index (χ0) is 10.8. The molecule has 0 aliphatic heterocycles. The molecule has 0 N–H and O–H groups in total. The molecule has 0 fully saturated rings. The Bertz CT molecular complexity index is 347. The third-order valence-corrected chi connectivity index (χ3v) is 1.55. The van der Waals surface area contributed by atoms with Gasteiger partial charge >= 0.3 is 5.57 Å². The standard InChI is InChI=1S/C9H7ClF2O2/c1-6(13)7-3-2-4-8(5-7)14-9(10,11)12/h2-5H,1H3. The Morgan fingerprint density at radius 2 is 2.14 bits per heavy atom. The maximum Gasteiger partial charge on any atom is 0.487 e. The molecule has 2 nitrogen and oxygen atoms in total. The molecule has 1 aromatic carbocycles. The molecule has 1 rings (SSSR count). The second-order valence-corrected chi connectivity index (χ2v) is 3.07. The van der Waals surface area contributed by atoms with Gasteiger partial charge in [0, 0.05) is 17.2 Å². The predicted octanol–water partition coefficient (Wildman–Crippen LogP) is 3.06. The van der Waals surface area contributed by atoms with Crippen LogP contribution < -0.4 is 4.74 Å². The van der Waals surface area contributed by atoms with Gasteiger partial charge in [0.05, 0.1) is 0 Å². The van der Waals surface area contributed by atoms with Crippen molar-refractivity contribution in [2.24, 2.45) is 0 Å². The Morgan fingerprint density at radius 3 is 2.64 bits per heavy atom. The summed E-state index contributed by atoms with van der Waals surface area (Å²) in [5.41, 5.74) is -3.46. The van der Waals surface area contributed by atoms with Crippen LogP contribution in [0.15, 0.2) is 24.3 Å². The summed E-state index contributed by atoms with van der Waals surface area (Å²) in [5.74, 6) is -0.369. The number of halogens is 3. The van der Waals surface area contributed by atoms with Crippen molar-refractivity contribution in [1.82, 2.24) is 0 Å². The third kappa shape index (κ3) is 3.30. The summed E-state index contributed by atoms with van der Waals surface area (Å²) in [6.07, 6.45) is 0. The number of hydrogen-bond donors (Lipinski definition) is 0. The summed E-state index contributed by atoms with van der Waals surface area (Å²) < 4.78 is 28.5. The van der Waals surface area contributed by atoms with Crippen molar-refractivity contribution in [3.8, 4) is 5.75 Å². The summed E-state index contributed by atoms with van der Waals surface area (Å²) in [7, 11) is 0. The number of carbonyl (C=O) groups is 1. The lowest BCUT2D eigenvalue weighted by Crippen LogP contribution is -2.15. The van der Waals surface area contributed by atoms with Crippen molar-refractivity contribution in [2.75, 3.05) is 0 Å². The molecule has 0 saturated carbocycles. The summed E-state index contributed by atoms with van der Waals surface area (Å²) in [6, 6.07) is 5.44. The number of ether oxygens (including phenoxy) is 1. The lowest BCUT2D eigenvalue weighted by Gasteiger charge is -2.10. The van der Waals surface area contributed by atoms with Gasteiger partial charge in [0.1, 0.15) is 5.75 Å². The lowest BCUT2D eigenvalue weighted by atomic mass is 10.1. The fraction of sp³-hybridized carbons (Fsp3) is 0.222. The Morgan fingerprint density at radius 1 is 1.50 bits per heavy atom. The third-order valence-electron chi connectivity index (χ3n) is 1.47. The van der Waals surface area contributed by atoms with Gasteiger partial charge in [-0.25, -0.2) is 0 Å². The molecule has 0 aromatic heterocycles. The maximum atomic E-state index is 12.2. The first-order chi connectivity index (χ1) is 6.38. The quantitative estimate of drug-likeness (QED) is 0.578. The molecule has 76 valence electrons. The van der Waals surface area contributed by atoms with Gasteiger partial charge in [0.2, 0.25) is 0 Å². The van der Waals surface area contributed by atoms with E-state index in [1.54, 1.807) is 0 Å². The Kier molecular flexibility index (Phi) is 3.06. The summed E-state index contributed by atoms with van der Waals surface area (Å²) >= 11 is 4.56. The van der Waals surface area contributed by atoms with Crippen LogP contribution >= 0.6 is 11.6 Å². The fourth-order valence-corrected chi connectivity index (χ4v) is 1.00. The second-order valence-electron chi connectivity index (χ2n) is 2.63. The minimum Gasteiger partial charge on any atom is -0.420 e. The maximum absolute atomic E-state index is 12.2. The number of benzene rings is 1. The van der Waals surface area contributed by atoms with Crippen LogP contribution in [-0.4, -0.2) is 11.4 Å². The SMILES string of the molecule is CC(=O)c1cccc(OC(F)(F)Cl)c1. The smallest absolute Gasteiger partial charge is 0.420 e. The van der Waals surface area contributed by atoms with Gasteiger partial charge in [-0.2, -0.15) is 0 Å². The monoisotopic (exact) mass is 220 g/mol. The normalized spacial score (nSPS) is 11.1. The number of hydrogen-bond acceptors (Lipinski definition) is 2. The molecule has 5 heteroatoms. The van der Waals surface area contributed by atoms with E-state index in [0.29, 0.717) is 5.56 Å². The predicted molar refractivity (Wildman–Crippen MR) is 47.9 cm³/mol. The van der Waals surface area contributed by atoms with E-state index in [0.717, 1.165) is 0 Å². The van der Waals surface area contributed by atoms with Gasteiger partial charge in [0.25, 0.3) is 0 Å². The lowest BCUT2D eigenvalue weighted by molar-refractivity contribution is -0.0965. The van der Waals surface area contributed by atoms with Crippen molar-refractivity contribution in [3.63, 3.8) is 0 Å². The molecule has 0 bridgehead atoms. The second kappa shape index (κ2) is 3.92. The molecule has 0 amide bonds. The van der Waals surface area contributed by atoms with E-state index in [9.17, 15) is 13.6 Å². The molecule has 0 aliphatic rings. The van der Waals surface area contributed by atoms with Crippen molar-refractivity contribution in [3.05, 3.63) is 29.8 Å². The van der Waals surface area contributed by atoms with E-state index in [1.165, 1.54) is 31.2 Å². The minimum atomic E-state index is -3.75. The summed E-state index contributed by atoms with van der Waals surface area (Å²) in [6.45, 7) is 1.33. The van der Waals surface area contributed by atoms with E-state index in [-0.39, 0.29) is 11.5 Å². The Hall–Kier alpha value is -1.16. The van der Waals surface area contributed by atoms with Gasteiger partial charge < -0.3 is 4.74 Å². The topological polar surface area (TPSA) is 26.3 Å². The van der Waals surface area contributed by atoms with Crippen LogP contribution in [-0.2, 0) is 0 Å². The Labute approximate surface area is 84.4 Å². The zero-order valence-electron chi connectivity index (χ0n) is 7.26. The first-order valence-corrected chi connectivity index (χ1v) is 4.13. The van der Waals surface area contributed by atoms with E-state index >= 15 is 0 Å². The van der Waals surface area contributed by atoms with Crippen molar-refractivity contribution in [2.45, 2.75) is 12.5 Å². The summed E-state index contributed by atoms with van der Waals surface area (Å²) in [4.78, 5) is 10.9. The average Bonchev–Trinajstić information content (AvgIpc) is 2.01. The first kappa shape index (κ1) is 10.9. The molecule has 0 atom stereocenters. The largest absolute Gasteiger partial charge is 0.487 e. The summed E-state index contributed by atoms with van der Waals surface area (Å²) in [5, 5.41) is 0. The molecule has 0 saturated heterocycles. The molecule has 0 radical (unpaired) electrons. The van der Waals surface area contributed by atoms with E-state index in [4.69, 9.17) is 0 Å². The van der Waals surface area contributed by atoms with Gasteiger partial charge in [-0.1, -0.05) is 12.1 Å². The van der Waals surface area contributed by atoms with Gasteiger partial charge in [-0.3, -0.25) is 4.79 Å². The molecule has 0 heterocycles. The minimum absolute atomic E-state index is 0.141. The van der Waals surface area contributed by atoms with Gasteiger partial charge in [-0.05, 0) is 19.1 Å². The van der Waals surface area contributed by atoms with Crippen LogP contribution in [0.3, 0.4) is 0 Å². The number of rotatable bonds is 3. The number of Topliss-reactive ketones (excluding diaryl/α,β-unsaturated/α-hetero) is 1. The van der Waals surface area contributed by atoms with Gasteiger partial charge in [-0.15, -0.1) is 8.78 Å². The number of carbonyl (C=O) groups excluding carboxylic acids is 1. The van der Waals surface area contributed by atoms with E-state index in [1.807, 2.05) is 0 Å². The zero-order valence-corrected chi connectivity index (χ0v) is 8.02. The molecule has 14 heavy (non-hydrogen) atoms. The van der Waals surface area contributed by atoms with Crippen LogP contribution in [0.25, 0.3) is 0 Å². The van der Waals surface area contributed by atoms with Crippen LogP contribution in [0.5, 0.6) is 5.75 Å². The number of alkyl halides is 3. The molecule has 0 spiro atoms. The Balaban J connectivity index is 2.89. The molecule has 0 unspecified atom stereocenters. The van der Waals surface area contributed by atoms with Crippen LogP contribution in [0.2, 0.25) is 0 Å². The fourth-order valence-electron chi connectivity index (χ4n) is 0.912. The highest BCUT2D eigenvalue weighted by Gasteiger charge is 2.27.